The third-order valence-electron chi connectivity index (χ3n) is 4.02. The minimum absolute atomic E-state index is 0.508. The average molecular weight is 570 g/mol. The van der Waals surface area contributed by atoms with Gasteiger partial charge in [-0.15, -0.1) is 0 Å². The average Bonchev–Trinajstić information content (AvgIpc) is 2.68. The topological polar surface area (TPSA) is 30.5 Å². The Balaban J connectivity index is 1.61. The molecular weight excluding hydrogens is 550 g/mol. The summed E-state index contributed by atoms with van der Waals surface area (Å²) >= 11 is 10.7. The molecule has 3 aromatic rings. The van der Waals surface area contributed by atoms with Crippen molar-refractivity contribution in [1.82, 2.24) is 0 Å². The third-order valence-corrected chi connectivity index (χ3v) is 5.72. The van der Waals surface area contributed by atoms with Gasteiger partial charge in [0.25, 0.3) is 0 Å². The van der Waals surface area contributed by atoms with E-state index in [-0.39, 0.29) is 0 Å². The van der Waals surface area contributed by atoms with Crippen molar-refractivity contribution in [2.75, 3.05) is 11.9 Å². The molecule has 0 bridgehead atoms. The third kappa shape index (κ3) is 6.00. The SMILES string of the molecule is CCOc1ccc(NCc2cc(Br)c(OCc3ccc(Br)cc3)c(Br)c2)cc1. The second kappa shape index (κ2) is 10.3. The Labute approximate surface area is 190 Å². The molecule has 0 heterocycles. The molecule has 146 valence electrons. The smallest absolute Gasteiger partial charge is 0.148 e. The van der Waals surface area contributed by atoms with Crippen LogP contribution in [-0.4, -0.2) is 6.61 Å². The van der Waals surface area contributed by atoms with E-state index in [1.807, 2.05) is 55.5 Å². The lowest BCUT2D eigenvalue weighted by Crippen LogP contribution is -2.02. The number of rotatable bonds is 8. The van der Waals surface area contributed by atoms with Crippen molar-refractivity contribution in [3.8, 4) is 11.5 Å². The Kier molecular flexibility index (Phi) is 7.82. The van der Waals surface area contributed by atoms with Crippen molar-refractivity contribution < 1.29 is 9.47 Å². The molecule has 0 aliphatic heterocycles. The quantitative estimate of drug-likeness (QED) is 0.303. The normalized spacial score (nSPS) is 10.6. The van der Waals surface area contributed by atoms with Crippen molar-refractivity contribution in [2.45, 2.75) is 20.1 Å². The Morgan fingerprint density at radius 3 is 2.04 bits per heavy atom. The lowest BCUT2D eigenvalue weighted by molar-refractivity contribution is 0.302. The number of benzene rings is 3. The molecule has 3 aromatic carbocycles. The zero-order valence-electron chi connectivity index (χ0n) is 15.3. The molecule has 0 spiro atoms. The van der Waals surface area contributed by atoms with E-state index in [1.165, 1.54) is 0 Å². The van der Waals surface area contributed by atoms with Crippen LogP contribution in [0.3, 0.4) is 0 Å². The van der Waals surface area contributed by atoms with E-state index in [0.717, 1.165) is 41.7 Å². The van der Waals surface area contributed by atoms with E-state index in [9.17, 15) is 0 Å². The van der Waals surface area contributed by atoms with Gasteiger partial charge in [0.15, 0.2) is 0 Å². The molecule has 0 saturated heterocycles. The summed E-state index contributed by atoms with van der Waals surface area (Å²) in [5.41, 5.74) is 3.30. The van der Waals surface area contributed by atoms with Gasteiger partial charge in [0, 0.05) is 16.7 Å². The first-order valence-electron chi connectivity index (χ1n) is 8.87. The summed E-state index contributed by atoms with van der Waals surface area (Å²) in [4.78, 5) is 0. The van der Waals surface area contributed by atoms with E-state index in [0.29, 0.717) is 19.8 Å². The lowest BCUT2D eigenvalue weighted by atomic mass is 10.2. The van der Waals surface area contributed by atoms with Crippen molar-refractivity contribution in [2.24, 2.45) is 0 Å². The number of hydrogen-bond donors (Lipinski definition) is 1. The molecule has 1 N–H and O–H groups in total. The second-order valence-electron chi connectivity index (χ2n) is 6.11. The molecule has 0 aliphatic rings. The minimum Gasteiger partial charge on any atom is -0.494 e. The summed E-state index contributed by atoms with van der Waals surface area (Å²) in [6.45, 7) is 3.87. The largest absolute Gasteiger partial charge is 0.494 e. The van der Waals surface area contributed by atoms with Gasteiger partial charge in [0.05, 0.1) is 15.6 Å². The number of anilines is 1. The molecule has 0 radical (unpaired) electrons. The van der Waals surface area contributed by atoms with Crippen LogP contribution in [0, 0.1) is 0 Å². The standard InChI is InChI=1S/C22H20Br3NO2/c1-2-27-19-9-7-18(8-10-19)26-13-16-11-20(24)22(21(25)12-16)28-14-15-3-5-17(23)6-4-15/h3-12,26H,2,13-14H2,1H3. The highest BCUT2D eigenvalue weighted by Gasteiger charge is 2.10. The first kappa shape index (κ1) is 21.2. The molecule has 0 aliphatic carbocycles. The van der Waals surface area contributed by atoms with E-state index >= 15 is 0 Å². The maximum absolute atomic E-state index is 6.00. The Morgan fingerprint density at radius 2 is 1.43 bits per heavy atom. The van der Waals surface area contributed by atoms with Gasteiger partial charge in [0.1, 0.15) is 18.1 Å². The molecule has 3 nitrogen and oxygen atoms in total. The van der Waals surface area contributed by atoms with Crippen LogP contribution < -0.4 is 14.8 Å². The van der Waals surface area contributed by atoms with Gasteiger partial charge < -0.3 is 14.8 Å². The highest BCUT2D eigenvalue weighted by Crippen LogP contribution is 2.35. The number of hydrogen-bond acceptors (Lipinski definition) is 3. The fourth-order valence-electron chi connectivity index (χ4n) is 2.63. The van der Waals surface area contributed by atoms with Crippen LogP contribution in [0.5, 0.6) is 11.5 Å². The first-order valence-corrected chi connectivity index (χ1v) is 11.2. The summed E-state index contributed by atoms with van der Waals surface area (Å²) in [7, 11) is 0. The van der Waals surface area contributed by atoms with Crippen LogP contribution in [0.2, 0.25) is 0 Å². The fraction of sp³-hybridized carbons (Fsp3) is 0.182. The Morgan fingerprint density at radius 1 is 0.786 bits per heavy atom. The molecule has 3 rings (SSSR count). The van der Waals surface area contributed by atoms with E-state index in [1.54, 1.807) is 0 Å². The summed E-state index contributed by atoms with van der Waals surface area (Å²) in [6.07, 6.45) is 0. The van der Waals surface area contributed by atoms with Crippen LogP contribution in [0.4, 0.5) is 5.69 Å². The number of halogens is 3. The Hall–Kier alpha value is -1.50. The molecule has 0 atom stereocenters. The molecular formula is C22H20Br3NO2. The first-order chi connectivity index (χ1) is 13.5. The minimum atomic E-state index is 0.508. The van der Waals surface area contributed by atoms with Gasteiger partial charge >= 0.3 is 0 Å². The van der Waals surface area contributed by atoms with Gasteiger partial charge in [-0.25, -0.2) is 0 Å². The number of nitrogens with one attached hydrogen (secondary N) is 1. The molecule has 0 amide bonds. The lowest BCUT2D eigenvalue weighted by Gasteiger charge is -2.13. The van der Waals surface area contributed by atoms with Gasteiger partial charge in [-0.3, -0.25) is 0 Å². The monoisotopic (exact) mass is 567 g/mol. The zero-order valence-corrected chi connectivity index (χ0v) is 20.1. The second-order valence-corrected chi connectivity index (χ2v) is 8.74. The fourth-order valence-corrected chi connectivity index (χ4v) is 4.40. The molecule has 0 saturated carbocycles. The van der Waals surface area contributed by atoms with E-state index in [4.69, 9.17) is 9.47 Å². The molecule has 0 fully saturated rings. The van der Waals surface area contributed by atoms with E-state index in [2.05, 4.69) is 65.2 Å². The molecule has 6 heteroatoms. The summed E-state index contributed by atoms with van der Waals surface area (Å²) in [5.74, 6) is 1.68. The molecule has 0 unspecified atom stereocenters. The maximum atomic E-state index is 6.00. The zero-order chi connectivity index (χ0) is 19.9. The highest BCUT2D eigenvalue weighted by molar-refractivity contribution is 9.11. The van der Waals surface area contributed by atoms with Crippen LogP contribution >= 0.6 is 47.8 Å². The van der Waals surface area contributed by atoms with Crippen molar-refractivity contribution >= 4 is 53.5 Å². The van der Waals surface area contributed by atoms with Gasteiger partial charge in [-0.2, -0.15) is 0 Å². The Bertz CT molecular complexity index is 889. The molecule has 0 aromatic heterocycles. The summed E-state index contributed by atoms with van der Waals surface area (Å²) in [5, 5.41) is 3.42. The summed E-state index contributed by atoms with van der Waals surface area (Å²) < 4.78 is 14.4. The highest BCUT2D eigenvalue weighted by atomic mass is 79.9. The van der Waals surface area contributed by atoms with Gasteiger partial charge in [0.2, 0.25) is 0 Å². The summed E-state index contributed by atoms with van der Waals surface area (Å²) in [6, 6.07) is 20.2. The van der Waals surface area contributed by atoms with Crippen LogP contribution in [0.25, 0.3) is 0 Å². The predicted octanol–water partition coefficient (Wildman–Crippen LogP) is 7.56. The number of ether oxygens (including phenoxy) is 2. The maximum Gasteiger partial charge on any atom is 0.148 e. The van der Waals surface area contributed by atoms with Crippen LogP contribution in [0.15, 0.2) is 74.1 Å². The van der Waals surface area contributed by atoms with Crippen LogP contribution in [0.1, 0.15) is 18.1 Å². The predicted molar refractivity (Wildman–Crippen MR) is 125 cm³/mol. The van der Waals surface area contributed by atoms with Crippen LogP contribution in [-0.2, 0) is 13.2 Å². The van der Waals surface area contributed by atoms with Crippen molar-refractivity contribution in [1.29, 1.82) is 0 Å². The van der Waals surface area contributed by atoms with Gasteiger partial charge in [-0.1, -0.05) is 28.1 Å². The van der Waals surface area contributed by atoms with Gasteiger partial charge in [-0.05, 0) is 98.4 Å². The van der Waals surface area contributed by atoms with Crippen molar-refractivity contribution in [3.05, 3.63) is 85.2 Å². The molecule has 28 heavy (non-hydrogen) atoms. The van der Waals surface area contributed by atoms with E-state index < -0.39 is 0 Å². The van der Waals surface area contributed by atoms with Crippen molar-refractivity contribution in [3.63, 3.8) is 0 Å².